The number of rotatable bonds is 2. The Bertz CT molecular complexity index is 2120. The number of hydrogen-bond acceptors (Lipinski definition) is 2. The zero-order chi connectivity index (χ0) is 28.4. The van der Waals surface area contributed by atoms with Crippen molar-refractivity contribution in [1.82, 2.24) is 0 Å². The molecule has 0 fully saturated rings. The molecule has 0 saturated heterocycles. The maximum absolute atomic E-state index is 15.2. The van der Waals surface area contributed by atoms with E-state index in [1.807, 2.05) is 74.5 Å². The van der Waals surface area contributed by atoms with Crippen molar-refractivity contribution in [2.75, 3.05) is 0 Å². The fourth-order valence-corrected chi connectivity index (χ4v) is 8.30. The first-order valence-corrected chi connectivity index (χ1v) is 14.5. The van der Waals surface area contributed by atoms with Crippen LogP contribution in [-0.4, -0.2) is 11.6 Å². The summed E-state index contributed by atoms with van der Waals surface area (Å²) in [6.07, 6.45) is 4.10. The molecule has 0 amide bonds. The molecule has 0 N–H and O–H groups in total. The minimum Gasteiger partial charge on any atom is -0.293 e. The Morgan fingerprint density at radius 2 is 0.810 bits per heavy atom. The third-order valence-corrected chi connectivity index (χ3v) is 10.4. The van der Waals surface area contributed by atoms with Crippen molar-refractivity contribution < 1.29 is 9.59 Å². The summed E-state index contributed by atoms with van der Waals surface area (Å²) in [4.78, 5) is 30.3. The van der Waals surface area contributed by atoms with E-state index in [1.54, 1.807) is 0 Å². The lowest BCUT2D eigenvalue weighted by Crippen LogP contribution is -2.59. The lowest BCUT2D eigenvalue weighted by atomic mass is 9.46. The number of carbonyl (C=O) groups excluding carboxylic acids is 2. The average Bonchev–Trinajstić information content (AvgIpc) is 3.04. The molecule has 0 radical (unpaired) electrons. The third-order valence-electron chi connectivity index (χ3n) is 10.4. The lowest BCUT2D eigenvalue weighted by Gasteiger charge is -2.53. The molecule has 9 rings (SSSR count). The molecule has 0 aliphatic heterocycles. The summed E-state index contributed by atoms with van der Waals surface area (Å²) in [5.41, 5.74) is 4.83. The number of Topliss-reactive ketones (excluding diaryl/α,β-unsaturated/α-hetero) is 2. The van der Waals surface area contributed by atoms with E-state index in [0.29, 0.717) is 11.1 Å². The van der Waals surface area contributed by atoms with Gasteiger partial charge in [-0.3, -0.25) is 9.59 Å². The number of fused-ring (bicyclic) bond motifs is 4. The van der Waals surface area contributed by atoms with Gasteiger partial charge in [-0.1, -0.05) is 109 Å². The van der Waals surface area contributed by atoms with Crippen LogP contribution in [0.3, 0.4) is 0 Å². The second-order valence-electron chi connectivity index (χ2n) is 12.2. The minimum absolute atomic E-state index is 0.000577. The first-order valence-electron chi connectivity index (χ1n) is 14.5. The van der Waals surface area contributed by atoms with Crippen molar-refractivity contribution in [2.24, 2.45) is 0 Å². The predicted octanol–water partition coefficient (Wildman–Crippen LogP) is 8.92. The maximum atomic E-state index is 15.2. The second kappa shape index (κ2) is 7.80. The first kappa shape index (κ1) is 23.6. The normalized spacial score (nSPS) is 22.1. The maximum Gasteiger partial charge on any atom is 0.175 e. The van der Waals surface area contributed by atoms with Gasteiger partial charge in [-0.25, -0.2) is 0 Å². The van der Waals surface area contributed by atoms with E-state index in [1.165, 1.54) is 10.8 Å². The molecule has 3 aliphatic rings. The number of benzene rings is 6. The Morgan fingerprint density at radius 3 is 1.21 bits per heavy atom. The van der Waals surface area contributed by atoms with Gasteiger partial charge in [0.25, 0.3) is 0 Å². The summed E-state index contributed by atoms with van der Waals surface area (Å²) in [5, 5.41) is 6.82. The number of hydrogen-bond donors (Lipinski definition) is 0. The molecular weight excluding hydrogens is 512 g/mol. The van der Waals surface area contributed by atoms with Crippen molar-refractivity contribution in [1.29, 1.82) is 0 Å². The highest BCUT2D eigenvalue weighted by Gasteiger charge is 2.63. The second-order valence-corrected chi connectivity index (χ2v) is 12.2. The van der Waals surface area contributed by atoms with E-state index >= 15 is 9.59 Å². The van der Waals surface area contributed by atoms with Crippen LogP contribution in [-0.2, 0) is 20.4 Å². The van der Waals surface area contributed by atoms with Gasteiger partial charge in [0.15, 0.2) is 11.6 Å². The molecule has 3 aliphatic carbocycles. The van der Waals surface area contributed by atoms with E-state index in [4.69, 9.17) is 0 Å². The van der Waals surface area contributed by atoms with E-state index in [9.17, 15) is 0 Å². The van der Waals surface area contributed by atoms with Crippen LogP contribution >= 0.6 is 0 Å². The summed E-state index contributed by atoms with van der Waals surface area (Å²) in [5.74, 6) is 0.00115. The number of carbonyl (C=O) groups is 2. The van der Waals surface area contributed by atoms with Crippen LogP contribution in [0.5, 0.6) is 0 Å². The van der Waals surface area contributed by atoms with Gasteiger partial charge in [-0.2, -0.15) is 0 Å². The van der Waals surface area contributed by atoms with Gasteiger partial charge in [-0.05, 0) is 91.7 Å². The smallest absolute Gasteiger partial charge is 0.175 e. The molecule has 42 heavy (non-hydrogen) atoms. The van der Waals surface area contributed by atoms with Crippen molar-refractivity contribution in [3.63, 3.8) is 0 Å². The van der Waals surface area contributed by atoms with Crippen LogP contribution in [0.1, 0.15) is 47.2 Å². The number of ketones is 2. The predicted molar refractivity (Wildman–Crippen MR) is 172 cm³/mol. The van der Waals surface area contributed by atoms with Crippen LogP contribution < -0.4 is 0 Å². The van der Waals surface area contributed by atoms with Gasteiger partial charge in [0, 0.05) is 11.1 Å². The van der Waals surface area contributed by atoms with Gasteiger partial charge in [-0.15, -0.1) is 0 Å². The van der Waals surface area contributed by atoms with Crippen molar-refractivity contribution in [3.8, 4) is 0 Å². The quantitative estimate of drug-likeness (QED) is 0.206. The average molecular weight is 539 g/mol. The molecule has 0 heterocycles. The van der Waals surface area contributed by atoms with Crippen LogP contribution in [0.4, 0.5) is 0 Å². The molecule has 0 spiro atoms. The molecular formula is C40H26O2. The largest absolute Gasteiger partial charge is 0.293 e. The highest BCUT2D eigenvalue weighted by Crippen LogP contribution is 2.63. The standard InChI is InChI=1S/C40H26O2/c1-39-35-25(21-31(37(39)41)23-11-5-3-6-12-23)17-19-29-27-15-9-10-16-28(27)30-20-18-26-22-32(24-13-7-4-8-14-24)38(42)40(39,2)36(26)34(30)33(29)35/h3-22H,1-2H3. The molecule has 2 atom stereocenters. The summed E-state index contributed by atoms with van der Waals surface area (Å²) in [7, 11) is 0. The van der Waals surface area contributed by atoms with Crippen LogP contribution in [0.2, 0.25) is 0 Å². The van der Waals surface area contributed by atoms with Crippen molar-refractivity contribution in [3.05, 3.63) is 143 Å². The number of allylic oxidation sites excluding steroid dienone is 2. The van der Waals surface area contributed by atoms with Gasteiger partial charge in [0.05, 0.1) is 10.8 Å². The van der Waals surface area contributed by atoms with Gasteiger partial charge < -0.3 is 0 Å². The van der Waals surface area contributed by atoms with E-state index in [2.05, 4.69) is 60.7 Å². The van der Waals surface area contributed by atoms with E-state index in [-0.39, 0.29) is 11.6 Å². The Hall–Kier alpha value is -5.08. The third kappa shape index (κ3) is 2.57. The van der Waals surface area contributed by atoms with E-state index < -0.39 is 10.8 Å². The monoisotopic (exact) mass is 538 g/mol. The molecule has 0 bridgehead atoms. The van der Waals surface area contributed by atoms with Gasteiger partial charge in [0.2, 0.25) is 0 Å². The lowest BCUT2D eigenvalue weighted by molar-refractivity contribution is -0.129. The Labute approximate surface area is 243 Å². The van der Waals surface area contributed by atoms with Crippen LogP contribution in [0.25, 0.3) is 55.6 Å². The molecule has 2 heteroatoms. The highest BCUT2D eigenvalue weighted by molar-refractivity contribution is 6.42. The molecule has 2 unspecified atom stereocenters. The molecule has 0 aromatic heterocycles. The zero-order valence-electron chi connectivity index (χ0n) is 23.4. The van der Waals surface area contributed by atoms with Crippen molar-refractivity contribution >= 4 is 67.2 Å². The molecule has 0 saturated carbocycles. The van der Waals surface area contributed by atoms with Crippen LogP contribution in [0.15, 0.2) is 109 Å². The summed E-state index contributed by atoms with van der Waals surface area (Å²) < 4.78 is 0. The Morgan fingerprint density at radius 1 is 0.429 bits per heavy atom. The zero-order valence-corrected chi connectivity index (χ0v) is 23.4. The summed E-state index contributed by atoms with van der Waals surface area (Å²) in [6.45, 7) is 4.08. The topological polar surface area (TPSA) is 34.1 Å². The summed E-state index contributed by atoms with van der Waals surface area (Å²) in [6, 6.07) is 37.0. The van der Waals surface area contributed by atoms with Gasteiger partial charge in [0.1, 0.15) is 0 Å². The Balaban J connectivity index is 1.53. The fraction of sp³-hybridized carbons (Fsp3) is 0.100. The molecule has 2 nitrogen and oxygen atoms in total. The molecule has 6 aromatic carbocycles. The SMILES string of the molecule is CC12C(=O)C(c3ccccc3)=Cc3ccc4c5ccccc5c5ccc6c(c5c4c31)C2(C)C(=O)C(c1ccccc1)=C6. The highest BCUT2D eigenvalue weighted by atomic mass is 16.1. The van der Waals surface area contributed by atoms with Crippen LogP contribution in [0, 0.1) is 0 Å². The first-order chi connectivity index (χ1) is 20.4. The van der Waals surface area contributed by atoms with Gasteiger partial charge >= 0.3 is 0 Å². The minimum atomic E-state index is -1.12. The summed E-state index contributed by atoms with van der Waals surface area (Å²) >= 11 is 0. The Kier molecular flexibility index (Phi) is 4.39. The molecule has 6 aromatic rings. The van der Waals surface area contributed by atoms with E-state index in [0.717, 1.165) is 54.9 Å². The molecule has 198 valence electrons. The van der Waals surface area contributed by atoms with Crippen molar-refractivity contribution in [2.45, 2.75) is 24.7 Å². The fourth-order valence-electron chi connectivity index (χ4n) is 8.30.